The van der Waals surface area contributed by atoms with E-state index >= 15 is 0 Å². The number of rotatable bonds is 7. The number of nitrogens with zero attached hydrogens (tertiary/aromatic N) is 2. The summed E-state index contributed by atoms with van der Waals surface area (Å²) in [6.07, 6.45) is -1.33. The molecule has 3 amide bonds. The number of carbonyl (C=O) groups excluding carboxylic acids is 2. The number of anilines is 1. The average molecular weight is 352 g/mol. The minimum Gasteiger partial charge on any atom is -0.465 e. The van der Waals surface area contributed by atoms with Gasteiger partial charge in [-0.3, -0.25) is 4.79 Å². The summed E-state index contributed by atoms with van der Waals surface area (Å²) in [5, 5.41) is 6.61. The molecule has 1 aromatic rings. The molecule has 138 valence electrons. The van der Waals surface area contributed by atoms with E-state index in [9.17, 15) is 14.4 Å². The molecule has 8 heteroatoms. The van der Waals surface area contributed by atoms with Crippen LogP contribution in [0, 0.1) is 5.92 Å². The minimum atomic E-state index is -0.795. The minimum absolute atomic E-state index is 0.0648. The predicted octanol–water partition coefficient (Wildman–Crippen LogP) is 2.46. The van der Waals surface area contributed by atoms with E-state index in [0.29, 0.717) is 5.69 Å². The number of benzene rings is 1. The number of likely N-dealkylation sites (N-methyl/N-ethyl adjacent to an activating group) is 2. The van der Waals surface area contributed by atoms with Crippen LogP contribution in [-0.4, -0.2) is 60.2 Å². The molecule has 1 rings (SSSR count). The molecular formula is C17H25N3O5. The van der Waals surface area contributed by atoms with Crippen LogP contribution in [0.5, 0.6) is 0 Å². The maximum Gasteiger partial charge on any atom is 0.409 e. The van der Waals surface area contributed by atoms with Gasteiger partial charge in [-0.25, -0.2) is 9.59 Å². The molecule has 1 aromatic carbocycles. The number of hydrogen-bond acceptors (Lipinski definition) is 5. The zero-order valence-corrected chi connectivity index (χ0v) is 14.9. The van der Waals surface area contributed by atoms with E-state index in [2.05, 4.69) is 10.4 Å². The Bertz CT molecular complexity index is 621. The first kappa shape index (κ1) is 18.6. The Hall–Kier alpha value is -2.77. The lowest BCUT2D eigenvalue weighted by molar-refractivity contribution is -0.118. The van der Waals surface area contributed by atoms with E-state index in [-0.39, 0.29) is 31.5 Å². The molecule has 2 N–H and O–H groups in total. The first-order chi connectivity index (χ1) is 12.2. The Labute approximate surface area is 148 Å². The van der Waals surface area contributed by atoms with Gasteiger partial charge in [0, 0.05) is 38.8 Å². The standard InChI is InChI=1S/C17H25N3O5/c1-12(2)15(21)18-14-7-5-13(6-8-14)11-25-17(24)20(4)10-9-19(3)16(22)23/h5-8,12H,9-11H2,1-4H3,(H,18,21)(H,22,23)/i/hD. The van der Waals surface area contributed by atoms with Crippen LogP contribution in [0.25, 0.3) is 1.43 Å². The van der Waals surface area contributed by atoms with Crippen molar-refractivity contribution >= 4 is 23.8 Å². The third-order valence-corrected chi connectivity index (χ3v) is 3.50. The first-order valence-electron chi connectivity index (χ1n) is 8.31. The highest BCUT2D eigenvalue weighted by Gasteiger charge is 2.13. The Morgan fingerprint density at radius 2 is 1.76 bits per heavy atom. The third-order valence-electron chi connectivity index (χ3n) is 3.50. The normalized spacial score (nSPS) is 10.7. The van der Waals surface area contributed by atoms with E-state index in [1.807, 2.05) is 13.8 Å². The maximum atomic E-state index is 11.9. The van der Waals surface area contributed by atoms with Gasteiger partial charge in [0.2, 0.25) is 5.91 Å². The molecule has 0 saturated heterocycles. The molecule has 25 heavy (non-hydrogen) atoms. The molecule has 0 spiro atoms. The van der Waals surface area contributed by atoms with Gasteiger partial charge in [0.15, 0.2) is 0 Å². The molecule has 8 nitrogen and oxygen atoms in total. The second-order valence-electron chi connectivity index (χ2n) is 6.00. The molecule has 0 bridgehead atoms. The maximum absolute atomic E-state index is 11.9. The highest BCUT2D eigenvalue weighted by molar-refractivity contribution is 5.92. The Morgan fingerprint density at radius 3 is 2.32 bits per heavy atom. The van der Waals surface area contributed by atoms with Gasteiger partial charge in [0.05, 0.1) is 0 Å². The van der Waals surface area contributed by atoms with Gasteiger partial charge in [-0.05, 0) is 17.7 Å². The summed E-state index contributed by atoms with van der Waals surface area (Å²) >= 11 is 0. The van der Waals surface area contributed by atoms with Crippen molar-refractivity contribution in [2.45, 2.75) is 20.5 Å². The summed E-state index contributed by atoms with van der Waals surface area (Å²) in [7, 11) is 3.02. The molecule has 0 aromatic heterocycles. The molecule has 0 radical (unpaired) electrons. The lowest BCUT2D eigenvalue weighted by Gasteiger charge is -2.20. The third kappa shape index (κ3) is 7.11. The second-order valence-corrected chi connectivity index (χ2v) is 6.00. The Kier molecular flexibility index (Phi) is 7.06. The average Bonchev–Trinajstić information content (AvgIpc) is 2.63. The fourth-order valence-electron chi connectivity index (χ4n) is 1.71. The number of carbonyl (C=O) groups is 3. The van der Waals surface area contributed by atoms with E-state index in [4.69, 9.17) is 6.17 Å². The van der Waals surface area contributed by atoms with E-state index in [1.165, 1.54) is 16.8 Å². The van der Waals surface area contributed by atoms with Gasteiger partial charge < -0.3 is 25.0 Å². The molecule has 0 fully saturated rings. The van der Waals surface area contributed by atoms with Crippen molar-refractivity contribution in [2.24, 2.45) is 5.92 Å². The van der Waals surface area contributed by atoms with E-state index < -0.39 is 12.2 Å². The molecule has 0 unspecified atom stereocenters. The van der Waals surface area contributed by atoms with Crippen molar-refractivity contribution in [1.29, 1.82) is 1.43 Å². The smallest absolute Gasteiger partial charge is 0.409 e. The molecule has 0 saturated carbocycles. The second kappa shape index (κ2) is 9.51. The van der Waals surface area contributed by atoms with Gasteiger partial charge in [-0.15, -0.1) is 0 Å². The van der Waals surface area contributed by atoms with Gasteiger partial charge in [0.25, 0.3) is 1.43 Å². The predicted molar refractivity (Wildman–Crippen MR) is 93.4 cm³/mol. The van der Waals surface area contributed by atoms with Crippen LogP contribution in [0.15, 0.2) is 24.3 Å². The van der Waals surface area contributed by atoms with Gasteiger partial charge in [0.1, 0.15) is 6.61 Å². The van der Waals surface area contributed by atoms with E-state index in [1.54, 1.807) is 31.3 Å². The number of ether oxygens (including phenoxy) is 1. The largest absolute Gasteiger partial charge is 0.465 e. The van der Waals surface area contributed by atoms with E-state index in [0.717, 1.165) is 5.56 Å². The van der Waals surface area contributed by atoms with Crippen molar-refractivity contribution in [3.05, 3.63) is 29.8 Å². The molecule has 0 atom stereocenters. The number of amides is 3. The number of hydrogen-bond donors (Lipinski definition) is 2. The summed E-state index contributed by atoms with van der Waals surface area (Å²) in [6.45, 7) is 4.17. The summed E-state index contributed by atoms with van der Waals surface area (Å²) in [5.41, 5.74) is 1.46. The van der Waals surface area contributed by atoms with Crippen LogP contribution in [0.4, 0.5) is 15.3 Å². The molecular weight excluding hydrogens is 326 g/mol. The number of carboxylic acid groups (broad SMARTS) is 1. The zero-order chi connectivity index (χ0) is 19.7. The molecule has 0 aliphatic heterocycles. The van der Waals surface area contributed by atoms with Crippen LogP contribution in [-0.2, 0) is 16.1 Å². The SMILES string of the molecule is [2H]OC(=O)N(C)CCN(C)C(=O)OCc1ccc(NC(=O)C(C)C)cc1. The van der Waals surface area contributed by atoms with Crippen LogP contribution >= 0.6 is 0 Å². The summed E-state index contributed by atoms with van der Waals surface area (Å²) in [6, 6.07) is 7.02. The molecule has 0 heterocycles. The lowest BCUT2D eigenvalue weighted by Crippen LogP contribution is -2.36. The van der Waals surface area contributed by atoms with Crippen molar-refractivity contribution < 1.29 is 24.2 Å². The van der Waals surface area contributed by atoms with Crippen molar-refractivity contribution in [3.8, 4) is 0 Å². The monoisotopic (exact) mass is 352 g/mol. The van der Waals surface area contributed by atoms with Crippen LogP contribution in [0.3, 0.4) is 0 Å². The van der Waals surface area contributed by atoms with Gasteiger partial charge >= 0.3 is 12.2 Å². The zero-order valence-electron chi connectivity index (χ0n) is 15.9. The summed E-state index contributed by atoms with van der Waals surface area (Å²) < 4.78 is 11.7. The van der Waals surface area contributed by atoms with Crippen LogP contribution < -0.4 is 5.32 Å². The molecule has 0 aliphatic carbocycles. The number of nitrogens with one attached hydrogen (secondary N) is 1. The lowest BCUT2D eigenvalue weighted by atomic mass is 10.2. The quantitative estimate of drug-likeness (QED) is 0.785. The van der Waals surface area contributed by atoms with Crippen molar-refractivity contribution in [3.63, 3.8) is 0 Å². The topological polar surface area (TPSA) is 99.2 Å². The summed E-state index contributed by atoms with van der Waals surface area (Å²) in [5.74, 6) is -0.168. The Balaban J connectivity index is 2.42. The highest BCUT2D eigenvalue weighted by Crippen LogP contribution is 2.12. The van der Waals surface area contributed by atoms with Crippen molar-refractivity contribution in [1.82, 2.24) is 9.80 Å². The van der Waals surface area contributed by atoms with Gasteiger partial charge in [-0.2, -0.15) is 0 Å². The first-order valence-corrected chi connectivity index (χ1v) is 7.90. The summed E-state index contributed by atoms with van der Waals surface area (Å²) in [4.78, 5) is 37.2. The van der Waals surface area contributed by atoms with Crippen molar-refractivity contribution in [2.75, 3.05) is 32.5 Å². The highest BCUT2D eigenvalue weighted by atomic mass is 16.6. The fourth-order valence-corrected chi connectivity index (χ4v) is 1.71. The van der Waals surface area contributed by atoms with Crippen LogP contribution in [0.1, 0.15) is 19.4 Å². The van der Waals surface area contributed by atoms with Gasteiger partial charge in [-0.1, -0.05) is 26.0 Å². The molecule has 0 aliphatic rings. The van der Waals surface area contributed by atoms with Crippen LogP contribution in [0.2, 0.25) is 0 Å². The fraction of sp³-hybridized carbons (Fsp3) is 0.471. The Morgan fingerprint density at radius 1 is 1.16 bits per heavy atom.